The molecule has 7 nitrogen and oxygen atoms in total. The molecule has 1 saturated heterocycles. The zero-order chi connectivity index (χ0) is 26.0. The van der Waals surface area contributed by atoms with Crippen molar-refractivity contribution >= 4 is 23.6 Å². The Morgan fingerprint density at radius 3 is 2.50 bits per heavy atom. The molecule has 0 bridgehead atoms. The second-order valence-corrected chi connectivity index (χ2v) is 9.45. The highest BCUT2D eigenvalue weighted by molar-refractivity contribution is 6.22. The third-order valence-electron chi connectivity index (χ3n) is 7.14. The first-order valence-corrected chi connectivity index (χ1v) is 12.0. The van der Waals surface area contributed by atoms with E-state index in [1.165, 1.54) is 12.1 Å². The van der Waals surface area contributed by atoms with E-state index in [4.69, 9.17) is 0 Å². The lowest BCUT2D eigenvalue weighted by molar-refractivity contribution is -0.123. The molecule has 2 amide bonds. The highest BCUT2D eigenvalue weighted by Gasteiger charge is 2.55. The number of aliphatic hydroxyl groups is 3. The van der Waals surface area contributed by atoms with Crippen molar-refractivity contribution in [1.82, 2.24) is 0 Å². The molecule has 36 heavy (non-hydrogen) atoms. The highest BCUT2D eigenvalue weighted by Crippen LogP contribution is 2.47. The molecule has 8 heteroatoms. The van der Waals surface area contributed by atoms with Gasteiger partial charge < -0.3 is 20.4 Å². The van der Waals surface area contributed by atoms with Gasteiger partial charge in [0.1, 0.15) is 0 Å². The molecular formula is C28H30FNO6. The number of fused-ring (bicyclic) bond motifs is 1. The predicted octanol–water partition coefficient (Wildman–Crippen LogP) is 3.18. The molecule has 1 aliphatic heterocycles. The van der Waals surface area contributed by atoms with Gasteiger partial charge >= 0.3 is 0 Å². The molecular weight excluding hydrogens is 465 g/mol. The number of hydrogen-bond acceptors (Lipinski definition) is 6. The van der Waals surface area contributed by atoms with Gasteiger partial charge in [0.05, 0.1) is 36.8 Å². The molecule has 2 aliphatic rings. The number of benzene rings is 2. The summed E-state index contributed by atoms with van der Waals surface area (Å²) in [5.74, 6) is -4.26. The summed E-state index contributed by atoms with van der Waals surface area (Å²) in [6.07, 6.45) is 1.52. The third-order valence-corrected chi connectivity index (χ3v) is 7.14. The number of hydrogen-bond donors (Lipinski definition) is 4. The van der Waals surface area contributed by atoms with Gasteiger partial charge in [-0.2, -0.15) is 0 Å². The smallest absolute Gasteiger partial charge is 0.238 e. The Hall–Kier alpha value is -3.33. The number of imide groups is 1. The summed E-state index contributed by atoms with van der Waals surface area (Å²) in [6.45, 7) is 0.997. The average molecular weight is 496 g/mol. The second-order valence-electron chi connectivity index (χ2n) is 9.45. The lowest BCUT2D eigenvalue weighted by atomic mass is 9.68. The Balaban J connectivity index is 1.55. The molecule has 4 N–H and O–H groups in total. The van der Waals surface area contributed by atoms with E-state index < -0.39 is 47.9 Å². The quantitative estimate of drug-likeness (QED) is 0.330. The van der Waals surface area contributed by atoms with Gasteiger partial charge in [-0.05, 0) is 67.2 Å². The van der Waals surface area contributed by atoms with Crippen LogP contribution in [0.2, 0.25) is 0 Å². The molecule has 190 valence electrons. The number of phenolic OH excluding ortho intramolecular Hbond substituents is 1. The summed E-state index contributed by atoms with van der Waals surface area (Å²) >= 11 is 0. The highest BCUT2D eigenvalue weighted by atomic mass is 19.1. The molecule has 0 saturated carbocycles. The topological polar surface area (TPSA) is 118 Å². The maximum atomic E-state index is 13.6. The molecule has 1 heterocycles. The molecule has 0 unspecified atom stereocenters. The molecule has 0 aromatic heterocycles. The van der Waals surface area contributed by atoms with Crippen molar-refractivity contribution in [2.24, 2.45) is 17.8 Å². The van der Waals surface area contributed by atoms with Gasteiger partial charge in [-0.1, -0.05) is 35.9 Å². The van der Waals surface area contributed by atoms with Gasteiger partial charge in [-0.15, -0.1) is 0 Å². The van der Waals surface area contributed by atoms with Gasteiger partial charge in [0, 0.05) is 5.92 Å². The lowest BCUT2D eigenvalue weighted by Crippen LogP contribution is -2.39. The average Bonchev–Trinajstić information content (AvgIpc) is 3.13. The van der Waals surface area contributed by atoms with Gasteiger partial charge in [0.2, 0.25) is 11.8 Å². The van der Waals surface area contributed by atoms with E-state index in [-0.39, 0.29) is 25.4 Å². The van der Waals surface area contributed by atoms with Crippen LogP contribution in [0.4, 0.5) is 10.1 Å². The van der Waals surface area contributed by atoms with Crippen LogP contribution in [0, 0.1) is 23.6 Å². The number of carbonyl (C=O) groups excluding carboxylic acids is 2. The maximum absolute atomic E-state index is 13.6. The number of para-hydroxylation sites is 1. The van der Waals surface area contributed by atoms with Crippen molar-refractivity contribution in [3.63, 3.8) is 0 Å². The first-order valence-electron chi connectivity index (χ1n) is 12.0. The largest absolute Gasteiger partial charge is 0.505 e. The molecule has 2 aromatic rings. The Bertz CT molecular complexity index is 1210. The molecule has 4 rings (SSSR count). The monoisotopic (exact) mass is 495 g/mol. The number of anilines is 1. The summed E-state index contributed by atoms with van der Waals surface area (Å²) in [7, 11) is 0. The van der Waals surface area contributed by atoms with Crippen LogP contribution in [0.15, 0.2) is 65.3 Å². The van der Waals surface area contributed by atoms with Crippen LogP contribution < -0.4 is 4.90 Å². The Labute approximate surface area is 208 Å². The van der Waals surface area contributed by atoms with Gasteiger partial charge in [-0.3, -0.25) is 14.5 Å². The van der Waals surface area contributed by atoms with E-state index in [9.17, 15) is 34.4 Å². The van der Waals surface area contributed by atoms with E-state index in [2.05, 4.69) is 0 Å². The number of carbonyl (C=O) groups is 2. The maximum Gasteiger partial charge on any atom is 0.238 e. The van der Waals surface area contributed by atoms with Crippen LogP contribution >= 0.6 is 0 Å². The fraction of sp³-hybridized carbons (Fsp3) is 0.357. The number of nitrogens with zero attached hydrogens (tertiary/aromatic N) is 1. The van der Waals surface area contributed by atoms with E-state index in [0.717, 1.165) is 10.5 Å². The van der Waals surface area contributed by atoms with Crippen LogP contribution in [-0.2, 0) is 9.59 Å². The van der Waals surface area contributed by atoms with E-state index in [1.807, 2.05) is 6.92 Å². The number of amides is 2. The number of halogens is 1. The normalized spacial score (nSPS) is 23.3. The van der Waals surface area contributed by atoms with E-state index >= 15 is 0 Å². The number of aliphatic hydroxyl groups excluding tert-OH is 3. The van der Waals surface area contributed by atoms with Crippen molar-refractivity contribution in [3.8, 4) is 5.75 Å². The van der Waals surface area contributed by atoms with Crippen LogP contribution in [0.1, 0.15) is 31.7 Å². The second kappa shape index (κ2) is 10.7. The Morgan fingerprint density at radius 2 is 1.86 bits per heavy atom. The first kappa shape index (κ1) is 25.8. The van der Waals surface area contributed by atoms with E-state index in [0.29, 0.717) is 28.8 Å². The van der Waals surface area contributed by atoms with Crippen molar-refractivity contribution < 1.29 is 34.4 Å². The minimum Gasteiger partial charge on any atom is -0.505 e. The molecule has 1 aliphatic carbocycles. The Morgan fingerprint density at radius 1 is 1.14 bits per heavy atom. The molecule has 1 fully saturated rings. The summed E-state index contributed by atoms with van der Waals surface area (Å²) in [4.78, 5) is 27.7. The summed E-state index contributed by atoms with van der Waals surface area (Å²) < 4.78 is 13.6. The first-order chi connectivity index (χ1) is 17.3. The molecule has 2 aromatic carbocycles. The zero-order valence-corrected chi connectivity index (χ0v) is 20.0. The van der Waals surface area contributed by atoms with Crippen molar-refractivity contribution in [2.45, 2.75) is 32.3 Å². The van der Waals surface area contributed by atoms with Crippen LogP contribution in [0.25, 0.3) is 6.08 Å². The molecule has 0 spiro atoms. The van der Waals surface area contributed by atoms with Crippen LogP contribution in [-0.4, -0.2) is 51.6 Å². The fourth-order valence-corrected chi connectivity index (χ4v) is 5.43. The summed E-state index contributed by atoms with van der Waals surface area (Å²) in [5, 5.41) is 40.8. The number of allylic oxidation sites excluding steroid dienone is 1. The minimum absolute atomic E-state index is 0.138. The fourth-order valence-electron chi connectivity index (χ4n) is 5.43. The standard InChI is InChI=1S/C28H30FNO6/c1-16(11-17-8-10-23(33)22(29)12-17)7-9-24(34)25-18(14-31)13-20-26(21(25)15-32)28(36)30(27(20)35)19-5-3-2-4-6-19/h2-6,8,10-12,20-21,24,26,31-34H,7,9,13-15H2,1H3/b16-11+/t20-,21+,24-,26-/m1/s1. The summed E-state index contributed by atoms with van der Waals surface area (Å²) in [5.41, 5.74) is 2.76. The van der Waals surface area contributed by atoms with Crippen LogP contribution in [0.5, 0.6) is 5.75 Å². The minimum atomic E-state index is -1.04. The van der Waals surface area contributed by atoms with Crippen molar-refractivity contribution in [1.29, 1.82) is 0 Å². The van der Waals surface area contributed by atoms with Gasteiger partial charge in [0.25, 0.3) is 0 Å². The molecule has 4 atom stereocenters. The van der Waals surface area contributed by atoms with Crippen molar-refractivity contribution in [2.75, 3.05) is 18.1 Å². The predicted molar refractivity (Wildman–Crippen MR) is 132 cm³/mol. The lowest BCUT2D eigenvalue weighted by Gasteiger charge is -2.36. The van der Waals surface area contributed by atoms with E-state index in [1.54, 1.807) is 42.5 Å². The number of phenols is 1. The van der Waals surface area contributed by atoms with Crippen molar-refractivity contribution in [3.05, 3.63) is 76.6 Å². The molecule has 0 radical (unpaired) electrons. The SMILES string of the molecule is C/C(=C\c1ccc(O)c(F)c1)CC[C@@H](O)C1=C(CO)C[C@H]2C(=O)N(c3ccccc3)C(=O)[C@H]2[C@H]1CO. The van der Waals surface area contributed by atoms with Gasteiger partial charge in [-0.25, -0.2) is 4.39 Å². The summed E-state index contributed by atoms with van der Waals surface area (Å²) in [6, 6.07) is 12.7. The zero-order valence-electron chi connectivity index (χ0n) is 20.0. The Kier molecular flexibility index (Phi) is 7.68. The van der Waals surface area contributed by atoms with Gasteiger partial charge in [0.15, 0.2) is 11.6 Å². The third kappa shape index (κ3) is 4.84. The number of rotatable bonds is 8. The number of aromatic hydroxyl groups is 1. The van der Waals surface area contributed by atoms with Crippen LogP contribution in [0.3, 0.4) is 0 Å².